The van der Waals surface area contributed by atoms with E-state index in [4.69, 9.17) is 0 Å². The number of amides is 1. The number of rotatable bonds is 3. The van der Waals surface area contributed by atoms with E-state index in [1.165, 1.54) is 30.5 Å². The molecular weight excluding hydrogens is 250 g/mol. The molecule has 0 bridgehead atoms. The number of carbonyl (C=O) groups is 1. The van der Waals surface area contributed by atoms with Gasteiger partial charge in [0, 0.05) is 11.6 Å². The smallest absolute Gasteiger partial charge is 0.223 e. The maximum absolute atomic E-state index is 12.1. The molecule has 2 aliphatic rings. The Morgan fingerprint density at radius 2 is 2.20 bits per heavy atom. The average molecular weight is 273 g/mol. The van der Waals surface area contributed by atoms with Gasteiger partial charge < -0.3 is 5.32 Å². The number of nitrogens with one attached hydrogen (secondary N) is 2. The predicted octanol–water partition coefficient (Wildman–Crippen LogP) is 2.65. The predicted molar refractivity (Wildman–Crippen MR) is 78.2 cm³/mol. The number of hydrogen-bond donors (Lipinski definition) is 2. The van der Waals surface area contributed by atoms with Crippen LogP contribution < -0.4 is 5.32 Å². The third-order valence-electron chi connectivity index (χ3n) is 4.46. The SMILES string of the molecule is O=C(NCc1n[nH]c2c1CCCCC2)[C@H]1CC=CCC1. The van der Waals surface area contributed by atoms with Crippen molar-refractivity contribution in [3.05, 3.63) is 29.1 Å². The fourth-order valence-corrected chi connectivity index (χ4v) is 3.22. The Morgan fingerprint density at radius 3 is 3.05 bits per heavy atom. The second-order valence-corrected chi connectivity index (χ2v) is 5.89. The molecule has 1 amide bonds. The zero-order chi connectivity index (χ0) is 13.8. The number of hydrogen-bond acceptors (Lipinski definition) is 2. The van der Waals surface area contributed by atoms with Gasteiger partial charge in [-0.2, -0.15) is 5.10 Å². The van der Waals surface area contributed by atoms with Crippen LogP contribution in [0.15, 0.2) is 12.2 Å². The van der Waals surface area contributed by atoms with Crippen molar-refractivity contribution in [1.29, 1.82) is 0 Å². The van der Waals surface area contributed by atoms with E-state index in [1.807, 2.05) is 0 Å². The summed E-state index contributed by atoms with van der Waals surface area (Å²) in [5, 5.41) is 10.6. The van der Waals surface area contributed by atoms with Crippen LogP contribution >= 0.6 is 0 Å². The maximum Gasteiger partial charge on any atom is 0.223 e. The molecule has 0 saturated heterocycles. The maximum atomic E-state index is 12.1. The summed E-state index contributed by atoms with van der Waals surface area (Å²) in [5.41, 5.74) is 3.68. The Hall–Kier alpha value is -1.58. The molecule has 0 spiro atoms. The van der Waals surface area contributed by atoms with E-state index in [2.05, 4.69) is 27.7 Å². The van der Waals surface area contributed by atoms with E-state index >= 15 is 0 Å². The lowest BCUT2D eigenvalue weighted by atomic mass is 9.93. The molecule has 1 aromatic heterocycles. The molecule has 1 atom stereocenters. The molecule has 0 saturated carbocycles. The summed E-state index contributed by atoms with van der Waals surface area (Å²) in [6, 6.07) is 0. The van der Waals surface area contributed by atoms with Gasteiger partial charge >= 0.3 is 0 Å². The third-order valence-corrected chi connectivity index (χ3v) is 4.46. The summed E-state index contributed by atoms with van der Waals surface area (Å²) in [6.45, 7) is 0.574. The molecule has 4 heteroatoms. The molecule has 0 aliphatic heterocycles. The number of allylic oxidation sites excluding steroid dienone is 2. The van der Waals surface area contributed by atoms with E-state index < -0.39 is 0 Å². The van der Waals surface area contributed by atoms with Crippen LogP contribution in [0.4, 0.5) is 0 Å². The fourth-order valence-electron chi connectivity index (χ4n) is 3.22. The highest BCUT2D eigenvalue weighted by Crippen LogP contribution is 2.22. The molecule has 108 valence electrons. The highest BCUT2D eigenvalue weighted by Gasteiger charge is 2.20. The van der Waals surface area contributed by atoms with Crippen molar-refractivity contribution in [3.63, 3.8) is 0 Å². The molecular formula is C16H23N3O. The summed E-state index contributed by atoms with van der Waals surface area (Å²) < 4.78 is 0. The van der Waals surface area contributed by atoms with Crippen LogP contribution in [0.3, 0.4) is 0 Å². The largest absolute Gasteiger partial charge is 0.350 e. The van der Waals surface area contributed by atoms with E-state index in [9.17, 15) is 4.79 Å². The number of nitrogens with zero attached hydrogens (tertiary/aromatic N) is 1. The molecule has 1 heterocycles. The van der Waals surface area contributed by atoms with Crippen molar-refractivity contribution in [2.75, 3.05) is 0 Å². The minimum atomic E-state index is 0.151. The monoisotopic (exact) mass is 273 g/mol. The standard InChI is InChI=1S/C16H23N3O/c20-16(12-7-3-1-4-8-12)17-11-15-13-9-5-2-6-10-14(13)18-19-15/h1,3,12H,2,4-11H2,(H,17,20)(H,18,19)/t12-/m0/s1. The van der Waals surface area contributed by atoms with E-state index in [-0.39, 0.29) is 11.8 Å². The van der Waals surface area contributed by atoms with Crippen molar-refractivity contribution >= 4 is 5.91 Å². The fraction of sp³-hybridized carbons (Fsp3) is 0.625. The summed E-state index contributed by atoms with van der Waals surface area (Å²) in [4.78, 5) is 12.1. The molecule has 2 aliphatic carbocycles. The first-order valence-corrected chi connectivity index (χ1v) is 7.82. The van der Waals surface area contributed by atoms with Gasteiger partial charge in [-0.05, 0) is 50.5 Å². The van der Waals surface area contributed by atoms with Crippen molar-refractivity contribution in [3.8, 4) is 0 Å². The number of aromatic amines is 1. The highest BCUT2D eigenvalue weighted by molar-refractivity contribution is 5.78. The van der Waals surface area contributed by atoms with E-state index in [0.29, 0.717) is 6.54 Å². The van der Waals surface area contributed by atoms with Crippen molar-refractivity contribution in [2.45, 2.75) is 57.9 Å². The lowest BCUT2D eigenvalue weighted by molar-refractivity contribution is -0.125. The summed E-state index contributed by atoms with van der Waals surface area (Å²) >= 11 is 0. The summed E-state index contributed by atoms with van der Waals surface area (Å²) in [6.07, 6.45) is 13.1. The normalized spacial score (nSPS) is 22.1. The van der Waals surface area contributed by atoms with E-state index in [1.54, 1.807) is 0 Å². The molecule has 0 aromatic carbocycles. The number of H-pyrrole nitrogens is 1. The molecule has 1 aromatic rings. The lowest BCUT2D eigenvalue weighted by Crippen LogP contribution is -2.31. The number of aryl methyl sites for hydroxylation is 1. The highest BCUT2D eigenvalue weighted by atomic mass is 16.1. The van der Waals surface area contributed by atoms with Crippen molar-refractivity contribution in [1.82, 2.24) is 15.5 Å². The van der Waals surface area contributed by atoms with Gasteiger partial charge in [0.15, 0.2) is 0 Å². The van der Waals surface area contributed by atoms with Gasteiger partial charge in [-0.15, -0.1) is 0 Å². The summed E-state index contributed by atoms with van der Waals surface area (Å²) in [5.74, 6) is 0.331. The lowest BCUT2D eigenvalue weighted by Gasteiger charge is -2.17. The number of carbonyl (C=O) groups excluding carboxylic acids is 1. The van der Waals surface area contributed by atoms with Gasteiger partial charge in [0.25, 0.3) is 0 Å². The van der Waals surface area contributed by atoms with Crippen LogP contribution in [0.2, 0.25) is 0 Å². The Labute approximate surface area is 120 Å². The van der Waals surface area contributed by atoms with Crippen LogP contribution in [-0.2, 0) is 24.2 Å². The second kappa shape index (κ2) is 6.25. The van der Waals surface area contributed by atoms with Gasteiger partial charge in [-0.3, -0.25) is 9.89 Å². The average Bonchev–Trinajstić information content (AvgIpc) is 2.72. The zero-order valence-electron chi connectivity index (χ0n) is 12.0. The molecule has 20 heavy (non-hydrogen) atoms. The zero-order valence-corrected chi connectivity index (χ0v) is 12.0. The van der Waals surface area contributed by atoms with Gasteiger partial charge in [0.1, 0.15) is 0 Å². The molecule has 2 N–H and O–H groups in total. The van der Waals surface area contributed by atoms with Crippen LogP contribution in [0.1, 0.15) is 55.5 Å². The Kier molecular flexibility index (Phi) is 4.19. The first-order chi connectivity index (χ1) is 9.84. The van der Waals surface area contributed by atoms with Crippen LogP contribution in [0.25, 0.3) is 0 Å². The first kappa shape index (κ1) is 13.4. The number of aromatic nitrogens is 2. The topological polar surface area (TPSA) is 57.8 Å². The van der Waals surface area contributed by atoms with Crippen LogP contribution in [0.5, 0.6) is 0 Å². The quantitative estimate of drug-likeness (QED) is 0.657. The summed E-state index contributed by atoms with van der Waals surface area (Å²) in [7, 11) is 0. The Morgan fingerprint density at radius 1 is 1.30 bits per heavy atom. The molecule has 0 unspecified atom stereocenters. The number of fused-ring (bicyclic) bond motifs is 1. The van der Waals surface area contributed by atoms with E-state index in [0.717, 1.165) is 37.8 Å². The minimum Gasteiger partial charge on any atom is -0.350 e. The van der Waals surface area contributed by atoms with Gasteiger partial charge in [0.05, 0.1) is 12.2 Å². The van der Waals surface area contributed by atoms with Crippen LogP contribution in [-0.4, -0.2) is 16.1 Å². The third kappa shape index (κ3) is 2.94. The Bertz CT molecular complexity index is 504. The Balaban J connectivity index is 1.59. The molecule has 3 rings (SSSR count). The second-order valence-electron chi connectivity index (χ2n) is 5.89. The van der Waals surface area contributed by atoms with Gasteiger partial charge in [-0.1, -0.05) is 18.6 Å². The van der Waals surface area contributed by atoms with Crippen LogP contribution in [0, 0.1) is 5.92 Å². The molecule has 4 nitrogen and oxygen atoms in total. The van der Waals surface area contributed by atoms with Gasteiger partial charge in [0.2, 0.25) is 5.91 Å². The van der Waals surface area contributed by atoms with Crippen molar-refractivity contribution < 1.29 is 4.79 Å². The minimum absolute atomic E-state index is 0.151. The van der Waals surface area contributed by atoms with Gasteiger partial charge in [-0.25, -0.2) is 0 Å². The van der Waals surface area contributed by atoms with Crippen molar-refractivity contribution in [2.24, 2.45) is 5.92 Å². The molecule has 0 radical (unpaired) electrons. The first-order valence-electron chi connectivity index (χ1n) is 7.82. The molecule has 0 fully saturated rings.